The zero-order chi connectivity index (χ0) is 20.4. The van der Waals surface area contributed by atoms with Gasteiger partial charge in [0.25, 0.3) is 11.6 Å². The van der Waals surface area contributed by atoms with Gasteiger partial charge in [0, 0.05) is 22.2 Å². The maximum absolute atomic E-state index is 12.5. The molecule has 0 aliphatic heterocycles. The van der Waals surface area contributed by atoms with Gasteiger partial charge in [0.1, 0.15) is 5.75 Å². The molecular weight excluding hydrogens is 396 g/mol. The zero-order valence-electron chi connectivity index (χ0n) is 15.1. The molecule has 0 saturated carbocycles. The van der Waals surface area contributed by atoms with E-state index in [4.69, 9.17) is 9.15 Å². The smallest absolute Gasteiger partial charge is 0.322 e. The average Bonchev–Trinajstić information content (AvgIpc) is 3.34. The Balaban J connectivity index is 1.45. The van der Waals surface area contributed by atoms with Gasteiger partial charge in [0.05, 0.1) is 23.3 Å². The number of amides is 1. The molecule has 0 unspecified atom stereocenters. The first-order valence-electron chi connectivity index (χ1n) is 8.46. The number of nitro groups is 1. The van der Waals surface area contributed by atoms with Gasteiger partial charge in [-0.2, -0.15) is 0 Å². The van der Waals surface area contributed by atoms with Gasteiger partial charge in [-0.25, -0.2) is 0 Å². The van der Waals surface area contributed by atoms with Gasteiger partial charge in [0.2, 0.25) is 5.89 Å². The Morgan fingerprint density at radius 1 is 1.21 bits per heavy atom. The standard InChI is InChI=1S/C19H14N4O5S/c1-27-14-5-2-11(3-6-14)8-17-21-22-19(28-17)20-18(24)16-10-12-9-13(23(25)26)4-7-15(12)29-16/h2-7,9-10H,8H2,1H3,(H,20,22,24). The number of non-ortho nitro benzene ring substituents is 1. The molecule has 9 nitrogen and oxygen atoms in total. The first-order valence-corrected chi connectivity index (χ1v) is 9.28. The van der Waals surface area contributed by atoms with Crippen LogP contribution in [-0.2, 0) is 6.42 Å². The van der Waals surface area contributed by atoms with Crippen LogP contribution < -0.4 is 10.1 Å². The maximum Gasteiger partial charge on any atom is 0.322 e. The average molecular weight is 410 g/mol. The number of methoxy groups -OCH3 is 1. The molecule has 1 N–H and O–H groups in total. The third kappa shape index (κ3) is 4.06. The van der Waals surface area contributed by atoms with Crippen LogP contribution in [0.1, 0.15) is 21.1 Å². The topological polar surface area (TPSA) is 120 Å². The Labute approximate surface area is 168 Å². The number of aromatic nitrogens is 2. The Bertz CT molecular complexity index is 1200. The van der Waals surface area contributed by atoms with Crippen LogP contribution in [0, 0.1) is 10.1 Å². The van der Waals surface area contributed by atoms with Crippen molar-refractivity contribution in [3.05, 3.63) is 75.0 Å². The van der Waals surface area contributed by atoms with Gasteiger partial charge < -0.3 is 9.15 Å². The highest BCUT2D eigenvalue weighted by molar-refractivity contribution is 7.20. The van der Waals surface area contributed by atoms with E-state index in [9.17, 15) is 14.9 Å². The van der Waals surface area contributed by atoms with Crippen molar-refractivity contribution in [1.82, 2.24) is 10.2 Å². The van der Waals surface area contributed by atoms with Crippen LogP contribution >= 0.6 is 11.3 Å². The molecule has 146 valence electrons. The molecule has 29 heavy (non-hydrogen) atoms. The summed E-state index contributed by atoms with van der Waals surface area (Å²) >= 11 is 1.22. The minimum Gasteiger partial charge on any atom is -0.497 e. The minimum atomic E-state index is -0.473. The van der Waals surface area contributed by atoms with Crippen LogP contribution in [0.3, 0.4) is 0 Å². The van der Waals surface area contributed by atoms with Crippen molar-refractivity contribution in [1.29, 1.82) is 0 Å². The summed E-state index contributed by atoms with van der Waals surface area (Å²) in [5, 5.41) is 21.9. The monoisotopic (exact) mass is 410 g/mol. The number of fused-ring (bicyclic) bond motifs is 1. The maximum atomic E-state index is 12.5. The lowest BCUT2D eigenvalue weighted by atomic mass is 10.1. The van der Waals surface area contributed by atoms with Gasteiger partial charge in [-0.1, -0.05) is 17.2 Å². The van der Waals surface area contributed by atoms with Crippen molar-refractivity contribution in [2.75, 3.05) is 12.4 Å². The number of nitrogens with zero attached hydrogens (tertiary/aromatic N) is 3. The molecule has 0 aliphatic carbocycles. The summed E-state index contributed by atoms with van der Waals surface area (Å²) in [6, 6.07) is 13.5. The van der Waals surface area contributed by atoms with E-state index in [-0.39, 0.29) is 11.7 Å². The van der Waals surface area contributed by atoms with Crippen molar-refractivity contribution < 1.29 is 18.9 Å². The van der Waals surface area contributed by atoms with E-state index in [1.807, 2.05) is 24.3 Å². The number of benzene rings is 2. The summed E-state index contributed by atoms with van der Waals surface area (Å²) in [5.74, 6) is 0.687. The lowest BCUT2D eigenvalue weighted by Crippen LogP contribution is -2.10. The van der Waals surface area contributed by atoms with Gasteiger partial charge in [-0.15, -0.1) is 16.4 Å². The van der Waals surface area contributed by atoms with Crippen LogP contribution in [0.25, 0.3) is 10.1 Å². The largest absolute Gasteiger partial charge is 0.497 e. The predicted molar refractivity (Wildman–Crippen MR) is 107 cm³/mol. The van der Waals surface area contributed by atoms with Crippen LogP contribution in [-0.4, -0.2) is 28.1 Å². The molecule has 0 bridgehead atoms. The quantitative estimate of drug-likeness (QED) is 0.376. The molecule has 1 amide bonds. The first-order chi connectivity index (χ1) is 14.0. The number of nitro benzene ring substituents is 1. The molecule has 2 aromatic carbocycles. The number of carbonyl (C=O) groups is 1. The minimum absolute atomic E-state index is 0.0121. The summed E-state index contributed by atoms with van der Waals surface area (Å²) in [7, 11) is 1.60. The molecule has 0 radical (unpaired) electrons. The second-order valence-electron chi connectivity index (χ2n) is 6.07. The van der Waals surface area contributed by atoms with Crippen LogP contribution in [0.15, 0.2) is 52.9 Å². The molecule has 0 spiro atoms. The number of hydrogen-bond donors (Lipinski definition) is 1. The van der Waals surface area contributed by atoms with Crippen molar-refractivity contribution in [3.63, 3.8) is 0 Å². The second-order valence-corrected chi connectivity index (χ2v) is 7.15. The van der Waals surface area contributed by atoms with Gasteiger partial charge in [-0.05, 0) is 29.8 Å². The highest BCUT2D eigenvalue weighted by Crippen LogP contribution is 2.29. The van der Waals surface area contributed by atoms with Gasteiger partial charge in [0.15, 0.2) is 0 Å². The zero-order valence-corrected chi connectivity index (χ0v) is 15.9. The molecule has 4 rings (SSSR count). The fourth-order valence-corrected chi connectivity index (χ4v) is 3.65. The van der Waals surface area contributed by atoms with Crippen LogP contribution in [0.4, 0.5) is 11.7 Å². The first kappa shape index (κ1) is 18.6. The normalized spacial score (nSPS) is 10.8. The number of anilines is 1. The summed E-state index contributed by atoms with van der Waals surface area (Å²) in [4.78, 5) is 23.3. The molecule has 4 aromatic rings. The van der Waals surface area contributed by atoms with E-state index < -0.39 is 10.8 Å². The van der Waals surface area contributed by atoms with E-state index in [0.717, 1.165) is 16.0 Å². The van der Waals surface area contributed by atoms with E-state index in [2.05, 4.69) is 15.5 Å². The number of carbonyl (C=O) groups excluding carboxylic acids is 1. The SMILES string of the molecule is COc1ccc(Cc2nnc(NC(=O)c3cc4cc([N+](=O)[O-])ccc4s3)o2)cc1. The lowest BCUT2D eigenvalue weighted by Gasteiger charge is -2.00. The van der Waals surface area contributed by atoms with E-state index in [1.165, 1.54) is 23.5 Å². The number of ether oxygens (including phenoxy) is 1. The Kier molecular flexibility index (Phi) is 4.92. The van der Waals surface area contributed by atoms with Crippen molar-refractivity contribution in [3.8, 4) is 5.75 Å². The van der Waals surface area contributed by atoms with E-state index in [1.54, 1.807) is 19.2 Å². The molecule has 10 heteroatoms. The van der Waals surface area contributed by atoms with Crippen molar-refractivity contribution in [2.24, 2.45) is 0 Å². The van der Waals surface area contributed by atoms with Gasteiger partial charge >= 0.3 is 6.01 Å². The number of hydrogen-bond acceptors (Lipinski definition) is 8. The van der Waals surface area contributed by atoms with E-state index >= 15 is 0 Å². The molecule has 0 fully saturated rings. The molecule has 2 heterocycles. The van der Waals surface area contributed by atoms with Crippen LogP contribution in [0.5, 0.6) is 5.75 Å². The Morgan fingerprint density at radius 3 is 2.72 bits per heavy atom. The van der Waals surface area contributed by atoms with Crippen molar-refractivity contribution in [2.45, 2.75) is 6.42 Å². The highest BCUT2D eigenvalue weighted by Gasteiger charge is 2.16. The molecule has 0 atom stereocenters. The van der Waals surface area contributed by atoms with Gasteiger partial charge in [-0.3, -0.25) is 20.2 Å². The number of nitrogens with one attached hydrogen (secondary N) is 1. The number of rotatable bonds is 6. The predicted octanol–water partition coefficient (Wildman–Crippen LogP) is 4.04. The number of thiophene rings is 1. The van der Waals surface area contributed by atoms with Crippen molar-refractivity contribution >= 4 is 39.0 Å². The third-order valence-corrected chi connectivity index (χ3v) is 5.25. The summed E-state index contributed by atoms with van der Waals surface area (Å²) in [6.07, 6.45) is 0.416. The Hall–Kier alpha value is -3.79. The summed E-state index contributed by atoms with van der Waals surface area (Å²) < 4.78 is 11.4. The third-order valence-electron chi connectivity index (χ3n) is 4.14. The second kappa shape index (κ2) is 7.68. The molecular formula is C19H14N4O5S. The highest BCUT2D eigenvalue weighted by atomic mass is 32.1. The molecule has 0 saturated heterocycles. The molecule has 2 aromatic heterocycles. The summed E-state index contributed by atoms with van der Waals surface area (Å²) in [5.41, 5.74) is 0.931. The fourth-order valence-electron chi connectivity index (χ4n) is 2.71. The molecule has 0 aliphatic rings. The van der Waals surface area contributed by atoms with Crippen LogP contribution in [0.2, 0.25) is 0 Å². The summed E-state index contributed by atoms with van der Waals surface area (Å²) in [6.45, 7) is 0. The Morgan fingerprint density at radius 2 is 2.00 bits per heavy atom. The lowest BCUT2D eigenvalue weighted by molar-refractivity contribution is -0.384. The fraction of sp³-hybridized carbons (Fsp3) is 0.105. The van der Waals surface area contributed by atoms with E-state index in [0.29, 0.717) is 22.6 Å².